The van der Waals surface area contributed by atoms with Crippen molar-refractivity contribution in [3.8, 4) is 11.5 Å². The summed E-state index contributed by atoms with van der Waals surface area (Å²) in [5, 5.41) is -1.16. The first-order valence-electron chi connectivity index (χ1n) is 12.9. The summed E-state index contributed by atoms with van der Waals surface area (Å²) >= 11 is 0.985. The number of carbonyl (C=O) groups is 2. The van der Waals surface area contributed by atoms with Crippen molar-refractivity contribution in [3.63, 3.8) is 0 Å². The third kappa shape index (κ3) is 5.17. The summed E-state index contributed by atoms with van der Waals surface area (Å²) < 4.78 is 45.4. The molecule has 1 aliphatic rings. The molecule has 0 bridgehead atoms. The van der Waals surface area contributed by atoms with Crippen LogP contribution in [0.3, 0.4) is 0 Å². The third-order valence-electron chi connectivity index (χ3n) is 6.67. The molecule has 5 rings (SSSR count). The van der Waals surface area contributed by atoms with Gasteiger partial charge in [0.25, 0.3) is 0 Å². The molecule has 0 unspecified atom stereocenters. The number of sulfone groups is 1. The second-order valence-electron chi connectivity index (χ2n) is 9.22. The first kappa shape index (κ1) is 29.0. The summed E-state index contributed by atoms with van der Waals surface area (Å²) in [4.78, 5) is 27.8. The molecule has 11 heteroatoms. The molecule has 0 saturated carbocycles. The minimum Gasteiger partial charge on any atom is -0.497 e. The standard InChI is InChI=1S/C31H28N2O7S2/c1-4-40-31(35)28-26-24(17-19-10-8-12-21(16-19)38-2)25(32)30(42(36,37)23-14-6-5-7-15-23)33(26)29(34)27(41-28)20-11-9-13-22(18-20)39-3/h5-18,27H,4,32H2,1-3H3/b24-17+/t27-/m0/s1. The quantitative estimate of drug-likeness (QED) is 0.301. The van der Waals surface area contributed by atoms with Crippen molar-refractivity contribution in [2.45, 2.75) is 22.1 Å². The number of methoxy groups -OCH3 is 2. The molecule has 0 fully saturated rings. The first-order chi connectivity index (χ1) is 20.2. The van der Waals surface area contributed by atoms with Gasteiger partial charge in [-0.2, -0.15) is 0 Å². The summed E-state index contributed by atoms with van der Waals surface area (Å²) in [6.07, 6.45) is 1.63. The Kier molecular flexibility index (Phi) is 8.15. The Morgan fingerprint density at radius 1 is 0.976 bits per heavy atom. The lowest BCUT2D eigenvalue weighted by atomic mass is 10.1. The van der Waals surface area contributed by atoms with Crippen LogP contribution < -0.4 is 25.8 Å². The summed E-state index contributed by atoms with van der Waals surface area (Å²) in [5.74, 6) is -0.223. The molecule has 0 radical (unpaired) electrons. The van der Waals surface area contributed by atoms with Gasteiger partial charge in [-0.05, 0) is 60.5 Å². The maximum atomic E-state index is 14.3. The highest BCUT2D eigenvalue weighted by atomic mass is 32.2. The topological polar surface area (TPSA) is 127 Å². The molecule has 0 aliphatic carbocycles. The second-order valence-corrected chi connectivity index (χ2v) is 12.2. The Morgan fingerprint density at radius 2 is 1.64 bits per heavy atom. The van der Waals surface area contributed by atoms with Crippen LogP contribution in [-0.4, -0.2) is 45.7 Å². The fraction of sp³-hybridized carbons (Fsp3) is 0.161. The Labute approximate surface area is 247 Å². The van der Waals surface area contributed by atoms with Gasteiger partial charge < -0.3 is 19.9 Å². The van der Waals surface area contributed by atoms with Gasteiger partial charge in [-0.1, -0.05) is 54.2 Å². The van der Waals surface area contributed by atoms with Gasteiger partial charge in [0, 0.05) is 5.22 Å². The number of anilines is 1. The Balaban J connectivity index is 1.92. The van der Waals surface area contributed by atoms with Crippen molar-refractivity contribution in [1.29, 1.82) is 0 Å². The zero-order chi connectivity index (χ0) is 30.0. The average molecular weight is 605 g/mol. The predicted octanol–water partition coefficient (Wildman–Crippen LogP) is 3.55. The molecule has 42 heavy (non-hydrogen) atoms. The largest absolute Gasteiger partial charge is 0.497 e. The van der Waals surface area contributed by atoms with Crippen molar-refractivity contribution >= 4 is 50.1 Å². The van der Waals surface area contributed by atoms with Crippen LogP contribution in [0.5, 0.6) is 11.5 Å². The van der Waals surface area contributed by atoms with Gasteiger partial charge in [0.1, 0.15) is 21.7 Å². The molecule has 4 aromatic rings. The van der Waals surface area contributed by atoms with Crippen molar-refractivity contribution in [1.82, 2.24) is 4.57 Å². The van der Waals surface area contributed by atoms with E-state index in [-0.39, 0.29) is 32.7 Å². The number of nitrogen functional groups attached to an aromatic ring is 1. The zero-order valence-corrected chi connectivity index (χ0v) is 24.7. The SMILES string of the molecule is CCOC(=O)C1=c2/c(=C/c3cccc(OC)c3)c(N)c(S(=O)(=O)c3ccccc3)n2C(=O)[C@H](c2cccc(OC)c2)S1. The molecular formula is C31H28N2O7S2. The molecule has 1 aromatic heterocycles. The third-order valence-corrected chi connectivity index (χ3v) is 9.78. The van der Waals surface area contributed by atoms with Gasteiger partial charge in [-0.3, -0.25) is 9.36 Å². The fourth-order valence-electron chi connectivity index (χ4n) is 4.74. The van der Waals surface area contributed by atoms with Crippen molar-refractivity contribution in [2.24, 2.45) is 0 Å². The number of benzene rings is 3. The van der Waals surface area contributed by atoms with Gasteiger partial charge in [-0.15, -0.1) is 0 Å². The van der Waals surface area contributed by atoms with E-state index in [2.05, 4.69) is 0 Å². The maximum Gasteiger partial charge on any atom is 0.346 e. The van der Waals surface area contributed by atoms with E-state index in [9.17, 15) is 18.0 Å². The smallest absolute Gasteiger partial charge is 0.346 e. The van der Waals surface area contributed by atoms with Crippen LogP contribution in [0, 0.1) is 0 Å². The highest BCUT2D eigenvalue weighted by Crippen LogP contribution is 2.41. The van der Waals surface area contributed by atoms with E-state index in [4.69, 9.17) is 19.9 Å². The number of thioether (sulfide) groups is 1. The van der Waals surface area contributed by atoms with Crippen molar-refractivity contribution < 1.29 is 32.2 Å². The second kappa shape index (κ2) is 11.8. The molecule has 9 nitrogen and oxygen atoms in total. The number of aromatic nitrogens is 1. The number of hydrogen-bond donors (Lipinski definition) is 1. The van der Waals surface area contributed by atoms with Crippen LogP contribution in [0.15, 0.2) is 88.8 Å². The number of carbonyl (C=O) groups excluding carboxylic acids is 2. The number of rotatable bonds is 8. The van der Waals surface area contributed by atoms with E-state index in [0.29, 0.717) is 22.6 Å². The van der Waals surface area contributed by atoms with Gasteiger partial charge >= 0.3 is 5.97 Å². The molecular weight excluding hydrogens is 576 g/mol. The molecule has 0 saturated heterocycles. The summed E-state index contributed by atoms with van der Waals surface area (Å²) in [7, 11) is -1.31. The number of fused-ring (bicyclic) bond motifs is 1. The zero-order valence-electron chi connectivity index (χ0n) is 23.1. The number of ether oxygens (including phenoxy) is 3. The molecule has 1 aliphatic heterocycles. The molecule has 2 heterocycles. The molecule has 1 atom stereocenters. The fourth-order valence-corrected chi connectivity index (χ4v) is 7.49. The van der Waals surface area contributed by atoms with Crippen LogP contribution >= 0.6 is 11.8 Å². The van der Waals surface area contributed by atoms with E-state index in [1.165, 1.54) is 26.4 Å². The highest BCUT2D eigenvalue weighted by Gasteiger charge is 2.40. The van der Waals surface area contributed by atoms with E-state index >= 15 is 0 Å². The van der Waals surface area contributed by atoms with Gasteiger partial charge in [0.05, 0.1) is 36.8 Å². The van der Waals surface area contributed by atoms with Crippen LogP contribution in [0.2, 0.25) is 0 Å². The van der Waals surface area contributed by atoms with E-state index in [0.717, 1.165) is 16.3 Å². The lowest BCUT2D eigenvalue weighted by molar-refractivity contribution is -0.135. The predicted molar refractivity (Wildman–Crippen MR) is 161 cm³/mol. The lowest BCUT2D eigenvalue weighted by Gasteiger charge is -2.24. The Morgan fingerprint density at radius 3 is 2.31 bits per heavy atom. The van der Waals surface area contributed by atoms with Gasteiger partial charge in [0.2, 0.25) is 15.7 Å². The normalized spacial score (nSPS) is 15.3. The molecule has 3 aromatic carbocycles. The average Bonchev–Trinajstić information content (AvgIpc) is 3.30. The van der Waals surface area contributed by atoms with Gasteiger partial charge in [0.15, 0.2) is 5.03 Å². The summed E-state index contributed by atoms with van der Waals surface area (Å²) in [5.41, 5.74) is 7.61. The minimum atomic E-state index is -4.34. The van der Waals surface area contributed by atoms with Crippen LogP contribution in [0.1, 0.15) is 28.1 Å². The van der Waals surface area contributed by atoms with E-state index < -0.39 is 32.0 Å². The number of hydrogen-bond acceptors (Lipinski definition) is 9. The lowest BCUT2D eigenvalue weighted by Crippen LogP contribution is -2.42. The van der Waals surface area contributed by atoms with Crippen LogP contribution in [0.4, 0.5) is 5.69 Å². The maximum absolute atomic E-state index is 14.3. The van der Waals surface area contributed by atoms with Crippen LogP contribution in [-0.2, 0) is 19.4 Å². The molecule has 2 N–H and O–H groups in total. The number of nitrogens with zero attached hydrogens (tertiary/aromatic N) is 1. The number of esters is 1. The molecule has 0 spiro atoms. The van der Waals surface area contributed by atoms with Crippen molar-refractivity contribution in [3.05, 3.63) is 101 Å². The Hall–Kier alpha value is -4.48. The van der Waals surface area contributed by atoms with Crippen molar-refractivity contribution in [2.75, 3.05) is 26.6 Å². The van der Waals surface area contributed by atoms with Crippen LogP contribution in [0.25, 0.3) is 11.0 Å². The minimum absolute atomic E-state index is 0.0495. The summed E-state index contributed by atoms with van der Waals surface area (Å²) in [6.45, 7) is 1.74. The monoisotopic (exact) mass is 604 g/mol. The first-order valence-corrected chi connectivity index (χ1v) is 15.3. The van der Waals surface area contributed by atoms with E-state index in [1.54, 1.807) is 79.7 Å². The summed E-state index contributed by atoms with van der Waals surface area (Å²) in [6, 6.07) is 21.6. The van der Waals surface area contributed by atoms with E-state index in [1.807, 2.05) is 0 Å². The molecule has 216 valence electrons. The number of nitrogens with two attached hydrogens (primary N) is 1. The molecule has 0 amide bonds. The highest BCUT2D eigenvalue weighted by molar-refractivity contribution is 8.10. The van der Waals surface area contributed by atoms with Gasteiger partial charge in [-0.25, -0.2) is 13.2 Å². The Bertz CT molecular complexity index is 1920.